The molecule has 5 aromatic rings. The monoisotopic (exact) mass is 467 g/mol. The lowest BCUT2D eigenvalue weighted by molar-refractivity contribution is 0.100. The number of aliphatic hydroxyl groups excluding tert-OH is 1. The summed E-state index contributed by atoms with van der Waals surface area (Å²) in [4.78, 5) is 8.89. The number of furan rings is 1. The predicted octanol–water partition coefficient (Wildman–Crippen LogP) is 7.66. The smallest absolute Gasteiger partial charge is 0.227 e. The first-order valence-corrected chi connectivity index (χ1v) is 11.8. The molecule has 1 N–H and O–H groups in total. The van der Waals surface area contributed by atoms with E-state index in [1.54, 1.807) is 12.3 Å². The summed E-state index contributed by atoms with van der Waals surface area (Å²) >= 11 is 0. The topological polar surface area (TPSA) is 59.2 Å². The molecule has 0 saturated heterocycles. The molecule has 0 aliphatic rings. The van der Waals surface area contributed by atoms with Crippen LogP contribution in [0.5, 0.6) is 0 Å². The van der Waals surface area contributed by atoms with E-state index in [1.807, 2.05) is 56.3 Å². The Morgan fingerprint density at radius 3 is 2.37 bits per heavy atom. The second-order valence-electron chi connectivity index (χ2n) is 10.8. The van der Waals surface area contributed by atoms with Crippen LogP contribution >= 0.6 is 0 Å². The number of nitrogens with zero attached hydrogens (tertiary/aromatic N) is 2. The lowest BCUT2D eigenvalue weighted by atomic mass is 9.76. The molecule has 1 unspecified atom stereocenters. The number of aryl methyl sites for hydroxylation is 1. The molecule has 0 bridgehead atoms. The van der Waals surface area contributed by atoms with Crippen LogP contribution in [0.3, 0.4) is 0 Å². The first-order chi connectivity index (χ1) is 17.8. The average Bonchev–Trinajstić information content (AvgIpc) is 3.25. The van der Waals surface area contributed by atoms with Gasteiger partial charge in [-0.15, -0.1) is 0 Å². The van der Waals surface area contributed by atoms with Crippen molar-refractivity contribution in [2.45, 2.75) is 58.4 Å². The second-order valence-corrected chi connectivity index (χ2v) is 10.8. The highest BCUT2D eigenvalue weighted by Gasteiger charge is 2.32. The Kier molecular flexibility index (Phi) is 4.70. The Hall–Kier alpha value is -3.50. The molecular formula is C31H32N2O2. The molecule has 3 heterocycles. The van der Waals surface area contributed by atoms with Crippen molar-refractivity contribution in [1.29, 1.82) is 0 Å². The SMILES string of the molecule is [2H]C([2H])([2H])c1ccc2c(n1)oc1c(-c3cc(C(C)(C)C(O)c4ccc(C(C)(C)C)cc4)ccn3)cccc12. The molecular weight excluding hydrogens is 432 g/mol. The summed E-state index contributed by atoms with van der Waals surface area (Å²) < 4.78 is 29.1. The zero-order valence-electron chi connectivity index (χ0n) is 23.8. The van der Waals surface area contributed by atoms with Crippen molar-refractivity contribution in [2.24, 2.45) is 0 Å². The molecule has 2 aromatic carbocycles. The Morgan fingerprint density at radius 1 is 0.886 bits per heavy atom. The van der Waals surface area contributed by atoms with Crippen molar-refractivity contribution in [3.63, 3.8) is 0 Å². The second kappa shape index (κ2) is 8.31. The van der Waals surface area contributed by atoms with E-state index >= 15 is 0 Å². The lowest BCUT2D eigenvalue weighted by Crippen LogP contribution is -2.27. The highest BCUT2D eigenvalue weighted by atomic mass is 16.3. The summed E-state index contributed by atoms with van der Waals surface area (Å²) in [5, 5.41) is 13.0. The Morgan fingerprint density at radius 2 is 1.66 bits per heavy atom. The van der Waals surface area contributed by atoms with Gasteiger partial charge in [-0.1, -0.05) is 71.0 Å². The Labute approximate surface area is 210 Å². The number of hydrogen-bond acceptors (Lipinski definition) is 4. The van der Waals surface area contributed by atoms with Gasteiger partial charge in [0.15, 0.2) is 0 Å². The Bertz CT molecular complexity index is 1630. The van der Waals surface area contributed by atoms with Crippen LogP contribution in [0.25, 0.3) is 33.3 Å². The fourth-order valence-corrected chi connectivity index (χ4v) is 4.60. The number of pyridine rings is 2. The van der Waals surface area contributed by atoms with Gasteiger partial charge in [0, 0.05) is 37.8 Å². The molecule has 1 atom stereocenters. The molecule has 0 spiro atoms. The number of aromatic nitrogens is 2. The number of rotatable bonds is 4. The van der Waals surface area contributed by atoms with Crippen molar-refractivity contribution in [3.05, 3.63) is 95.3 Å². The molecule has 35 heavy (non-hydrogen) atoms. The van der Waals surface area contributed by atoms with Crippen molar-refractivity contribution in [2.75, 3.05) is 0 Å². The van der Waals surface area contributed by atoms with Crippen molar-refractivity contribution in [3.8, 4) is 11.3 Å². The maximum absolute atomic E-state index is 11.4. The standard InChI is InChI=1S/C31H32N2O2/c1-19-10-15-24-23-8-7-9-25(27(23)35-29(24)33-19)26-18-22(16-17-32-26)31(5,6)28(34)20-11-13-21(14-12-20)30(2,3)4/h7-18,28,34H,1-6H3/i1D3. The van der Waals surface area contributed by atoms with E-state index in [9.17, 15) is 5.11 Å². The van der Waals surface area contributed by atoms with Crippen LogP contribution < -0.4 is 0 Å². The minimum atomic E-state index is -2.31. The molecule has 0 radical (unpaired) electrons. The third kappa shape index (κ3) is 4.12. The largest absolute Gasteiger partial charge is 0.437 e. The summed E-state index contributed by atoms with van der Waals surface area (Å²) in [6, 6.07) is 21.1. The fraction of sp³-hybridized carbons (Fsp3) is 0.290. The van der Waals surface area contributed by atoms with Gasteiger partial charge in [-0.2, -0.15) is 0 Å². The molecule has 0 saturated carbocycles. The molecule has 0 aliphatic carbocycles. The van der Waals surface area contributed by atoms with E-state index < -0.39 is 18.4 Å². The third-order valence-corrected chi connectivity index (χ3v) is 6.92. The van der Waals surface area contributed by atoms with E-state index in [0.717, 1.165) is 27.5 Å². The van der Waals surface area contributed by atoms with Crippen LogP contribution in [0.15, 0.2) is 77.3 Å². The Balaban J connectivity index is 1.54. The van der Waals surface area contributed by atoms with E-state index in [2.05, 4.69) is 42.9 Å². The maximum atomic E-state index is 11.4. The lowest BCUT2D eigenvalue weighted by Gasteiger charge is -2.32. The molecule has 4 heteroatoms. The van der Waals surface area contributed by atoms with Gasteiger partial charge in [-0.05, 0) is 59.3 Å². The van der Waals surface area contributed by atoms with Gasteiger partial charge in [0.05, 0.1) is 11.8 Å². The quantitative estimate of drug-likeness (QED) is 0.295. The van der Waals surface area contributed by atoms with E-state index in [0.29, 0.717) is 11.3 Å². The predicted molar refractivity (Wildman–Crippen MR) is 143 cm³/mol. The molecule has 0 aliphatic heterocycles. The van der Waals surface area contributed by atoms with Gasteiger partial charge in [0.25, 0.3) is 0 Å². The summed E-state index contributed by atoms with van der Waals surface area (Å²) in [6.45, 7) is 8.25. The van der Waals surface area contributed by atoms with Crippen LogP contribution in [0, 0.1) is 6.85 Å². The first kappa shape index (κ1) is 19.8. The van der Waals surface area contributed by atoms with Crippen molar-refractivity contribution in [1.82, 2.24) is 9.97 Å². The van der Waals surface area contributed by atoms with Gasteiger partial charge in [0.2, 0.25) is 5.71 Å². The number of hydrogen-bond donors (Lipinski definition) is 1. The molecule has 5 rings (SSSR count). The van der Waals surface area contributed by atoms with E-state index in [-0.39, 0.29) is 16.8 Å². The highest BCUT2D eigenvalue weighted by molar-refractivity contribution is 6.08. The van der Waals surface area contributed by atoms with Gasteiger partial charge in [0.1, 0.15) is 5.58 Å². The third-order valence-electron chi connectivity index (χ3n) is 6.92. The molecule has 178 valence electrons. The normalized spacial score (nSPS) is 15.1. The van der Waals surface area contributed by atoms with Gasteiger partial charge >= 0.3 is 0 Å². The highest BCUT2D eigenvalue weighted by Crippen LogP contribution is 2.40. The van der Waals surface area contributed by atoms with Crippen LogP contribution in [0.2, 0.25) is 0 Å². The van der Waals surface area contributed by atoms with Crippen LogP contribution in [0.1, 0.15) is 67.2 Å². The van der Waals surface area contributed by atoms with Gasteiger partial charge in [-0.3, -0.25) is 4.98 Å². The zero-order chi connectivity index (χ0) is 27.5. The van der Waals surface area contributed by atoms with Crippen LogP contribution in [-0.4, -0.2) is 15.1 Å². The molecule has 4 nitrogen and oxygen atoms in total. The van der Waals surface area contributed by atoms with Gasteiger partial charge in [-0.25, -0.2) is 4.98 Å². The fourth-order valence-electron chi connectivity index (χ4n) is 4.60. The number of benzene rings is 2. The van der Waals surface area contributed by atoms with E-state index in [4.69, 9.17) is 8.53 Å². The molecule has 0 fully saturated rings. The maximum Gasteiger partial charge on any atom is 0.227 e. The first-order valence-electron chi connectivity index (χ1n) is 13.3. The van der Waals surface area contributed by atoms with E-state index in [1.165, 1.54) is 11.6 Å². The molecule has 3 aromatic heterocycles. The molecule has 0 amide bonds. The van der Waals surface area contributed by atoms with Crippen molar-refractivity contribution < 1.29 is 13.6 Å². The number of fused-ring (bicyclic) bond motifs is 3. The summed E-state index contributed by atoms with van der Waals surface area (Å²) in [5.74, 6) is 0. The zero-order valence-corrected chi connectivity index (χ0v) is 20.8. The number of aliphatic hydroxyl groups is 1. The van der Waals surface area contributed by atoms with Crippen LogP contribution in [0.4, 0.5) is 0 Å². The minimum absolute atomic E-state index is 0.00278. The summed E-state index contributed by atoms with van der Waals surface area (Å²) in [6.07, 6.45) is 1.02. The van der Waals surface area contributed by atoms with Gasteiger partial charge < -0.3 is 9.52 Å². The van der Waals surface area contributed by atoms with Crippen LogP contribution in [-0.2, 0) is 10.8 Å². The minimum Gasteiger partial charge on any atom is -0.437 e. The number of para-hydroxylation sites is 1. The summed E-state index contributed by atoms with van der Waals surface area (Å²) in [7, 11) is 0. The average molecular weight is 468 g/mol. The van der Waals surface area contributed by atoms with Crippen molar-refractivity contribution >= 4 is 22.1 Å². The summed E-state index contributed by atoms with van der Waals surface area (Å²) in [5.41, 5.74) is 4.81.